The van der Waals surface area contributed by atoms with Crippen LogP contribution >= 0.6 is 11.3 Å². The average molecular weight is 341 g/mol. The summed E-state index contributed by atoms with van der Waals surface area (Å²) in [6.07, 6.45) is 5.20. The van der Waals surface area contributed by atoms with Crippen molar-refractivity contribution in [2.45, 2.75) is 20.8 Å². The molecule has 3 rings (SSSR count). The number of thiazole rings is 1. The van der Waals surface area contributed by atoms with Gasteiger partial charge >= 0.3 is 6.03 Å². The highest BCUT2D eigenvalue weighted by Gasteiger charge is 2.15. The van der Waals surface area contributed by atoms with E-state index in [0.29, 0.717) is 12.5 Å². The molecule has 1 amide bonds. The van der Waals surface area contributed by atoms with Gasteiger partial charge in [-0.25, -0.2) is 9.78 Å². The van der Waals surface area contributed by atoms with Crippen LogP contribution in [-0.2, 0) is 0 Å². The van der Waals surface area contributed by atoms with Gasteiger partial charge in [0.05, 0.1) is 10.6 Å². The zero-order valence-corrected chi connectivity index (χ0v) is 14.7. The number of carbonyl (C=O) groups excluding carboxylic acids is 1. The number of rotatable bonds is 4. The number of aryl methyl sites for hydroxylation is 1. The third-order valence-corrected chi connectivity index (χ3v) is 4.63. The Morgan fingerprint density at radius 2 is 2.21 bits per heavy atom. The van der Waals surface area contributed by atoms with Gasteiger partial charge in [-0.2, -0.15) is 9.78 Å². The van der Waals surface area contributed by atoms with Crippen LogP contribution in [0.1, 0.15) is 19.5 Å². The smallest absolute Gasteiger partial charge is 0.336 e. The van der Waals surface area contributed by atoms with Crippen molar-refractivity contribution in [1.29, 1.82) is 0 Å². The predicted molar refractivity (Wildman–Crippen MR) is 94.9 cm³/mol. The van der Waals surface area contributed by atoms with Gasteiger partial charge in [-0.05, 0) is 31.0 Å². The van der Waals surface area contributed by atoms with E-state index in [-0.39, 0.29) is 6.03 Å². The van der Waals surface area contributed by atoms with E-state index in [4.69, 9.17) is 0 Å². The molecule has 0 unspecified atom stereocenters. The van der Waals surface area contributed by atoms with Gasteiger partial charge in [0, 0.05) is 30.7 Å². The molecule has 0 radical (unpaired) electrons. The van der Waals surface area contributed by atoms with Crippen molar-refractivity contribution >= 4 is 17.4 Å². The first kappa shape index (κ1) is 16.3. The minimum absolute atomic E-state index is 0.218. The third kappa shape index (κ3) is 3.51. The molecule has 3 aromatic rings. The topological polar surface area (TPSA) is 72.7 Å². The van der Waals surface area contributed by atoms with E-state index in [1.54, 1.807) is 29.9 Å². The normalized spacial score (nSPS) is 11.0. The number of pyridine rings is 1. The molecule has 0 spiro atoms. The highest BCUT2D eigenvalue weighted by atomic mass is 32.1. The maximum absolute atomic E-state index is 12.1. The summed E-state index contributed by atoms with van der Waals surface area (Å²) in [5.74, 6) is 0.398. The van der Waals surface area contributed by atoms with Crippen LogP contribution < -0.4 is 5.32 Å². The number of hydrogen-bond acceptors (Lipinski definition) is 5. The minimum Gasteiger partial charge on any atom is -0.336 e. The van der Waals surface area contributed by atoms with Crippen LogP contribution in [0, 0.1) is 12.8 Å². The molecule has 6 nitrogen and oxygen atoms in total. The van der Waals surface area contributed by atoms with E-state index < -0.39 is 0 Å². The molecular weight excluding hydrogens is 322 g/mol. The van der Waals surface area contributed by atoms with E-state index in [1.165, 1.54) is 4.68 Å². The summed E-state index contributed by atoms with van der Waals surface area (Å²) in [5, 5.41) is 8.13. The monoisotopic (exact) mass is 341 g/mol. The molecule has 0 aliphatic heterocycles. The molecule has 0 aliphatic rings. The van der Waals surface area contributed by atoms with Crippen LogP contribution in [0.5, 0.6) is 0 Å². The van der Waals surface area contributed by atoms with Crippen LogP contribution in [0.15, 0.2) is 36.8 Å². The van der Waals surface area contributed by atoms with Crippen molar-refractivity contribution < 1.29 is 4.79 Å². The van der Waals surface area contributed by atoms with Crippen LogP contribution in [0.2, 0.25) is 0 Å². The number of nitrogens with zero attached hydrogens (tertiary/aromatic N) is 4. The quantitative estimate of drug-likeness (QED) is 0.787. The number of hydrogen-bond donors (Lipinski definition) is 1. The molecule has 0 aromatic carbocycles. The maximum atomic E-state index is 12.1. The van der Waals surface area contributed by atoms with Gasteiger partial charge < -0.3 is 5.32 Å². The number of nitrogens with one attached hydrogen (secondary N) is 1. The Hall–Kier alpha value is -2.54. The molecule has 3 heterocycles. The second-order valence-corrected chi connectivity index (χ2v) is 6.90. The van der Waals surface area contributed by atoms with Crippen LogP contribution in [0.4, 0.5) is 4.79 Å². The Morgan fingerprint density at radius 3 is 2.92 bits per heavy atom. The highest BCUT2D eigenvalue weighted by molar-refractivity contribution is 7.18. The molecule has 0 fully saturated rings. The van der Waals surface area contributed by atoms with Crippen molar-refractivity contribution in [3.63, 3.8) is 0 Å². The SMILES string of the molecule is Cc1nc(-c2cccnc2)sc1-c1ccn(C(=O)NCC(C)C)n1. The van der Waals surface area contributed by atoms with Crippen LogP contribution in [0.3, 0.4) is 0 Å². The maximum Gasteiger partial charge on any atom is 0.342 e. The lowest BCUT2D eigenvalue weighted by Crippen LogP contribution is -2.31. The molecule has 0 atom stereocenters. The van der Waals surface area contributed by atoms with Gasteiger partial charge in [0.15, 0.2) is 0 Å². The molecule has 24 heavy (non-hydrogen) atoms. The van der Waals surface area contributed by atoms with E-state index >= 15 is 0 Å². The average Bonchev–Trinajstić information content (AvgIpc) is 3.20. The van der Waals surface area contributed by atoms with Gasteiger partial charge in [0.1, 0.15) is 10.7 Å². The van der Waals surface area contributed by atoms with Gasteiger partial charge in [0.2, 0.25) is 0 Å². The summed E-state index contributed by atoms with van der Waals surface area (Å²) in [7, 11) is 0. The molecule has 0 saturated carbocycles. The van der Waals surface area contributed by atoms with Crippen LogP contribution in [-0.4, -0.2) is 32.3 Å². The lowest BCUT2D eigenvalue weighted by Gasteiger charge is -2.06. The first-order valence-electron chi connectivity index (χ1n) is 7.76. The molecule has 0 aliphatic carbocycles. The molecule has 3 aromatic heterocycles. The van der Waals surface area contributed by atoms with Crippen molar-refractivity contribution in [3.05, 3.63) is 42.5 Å². The Labute approximate surface area is 144 Å². The fraction of sp³-hybridized carbons (Fsp3) is 0.294. The summed E-state index contributed by atoms with van der Waals surface area (Å²) in [6.45, 7) is 6.67. The van der Waals surface area contributed by atoms with E-state index in [9.17, 15) is 4.79 Å². The Kier molecular flexibility index (Phi) is 4.71. The molecule has 124 valence electrons. The summed E-state index contributed by atoms with van der Waals surface area (Å²) in [6, 6.07) is 5.49. The standard InChI is InChI=1S/C17H19N5OS/c1-11(2)9-19-17(23)22-8-6-14(21-22)15-12(3)20-16(24-15)13-5-4-7-18-10-13/h4-8,10-11H,9H2,1-3H3,(H,19,23). The molecular formula is C17H19N5OS. The van der Waals surface area contributed by atoms with Gasteiger partial charge in [-0.3, -0.25) is 4.98 Å². The third-order valence-electron chi connectivity index (χ3n) is 3.40. The lowest BCUT2D eigenvalue weighted by molar-refractivity contribution is 0.238. The first-order chi connectivity index (χ1) is 11.5. The Morgan fingerprint density at radius 1 is 1.38 bits per heavy atom. The highest BCUT2D eigenvalue weighted by Crippen LogP contribution is 2.33. The second kappa shape index (κ2) is 6.92. The van der Waals surface area contributed by atoms with Gasteiger partial charge in [-0.1, -0.05) is 13.8 Å². The van der Waals surface area contributed by atoms with Gasteiger partial charge in [0.25, 0.3) is 0 Å². The summed E-state index contributed by atoms with van der Waals surface area (Å²) < 4.78 is 1.33. The van der Waals surface area contributed by atoms with E-state index in [2.05, 4.69) is 34.2 Å². The fourth-order valence-corrected chi connectivity index (χ4v) is 3.20. The fourth-order valence-electron chi connectivity index (χ4n) is 2.18. The van der Waals surface area contributed by atoms with Gasteiger partial charge in [-0.15, -0.1) is 11.3 Å². The van der Waals surface area contributed by atoms with Crippen molar-refractivity contribution in [2.24, 2.45) is 5.92 Å². The first-order valence-corrected chi connectivity index (χ1v) is 8.58. The largest absolute Gasteiger partial charge is 0.342 e. The molecule has 0 saturated heterocycles. The molecule has 1 N–H and O–H groups in total. The number of amides is 1. The number of aromatic nitrogens is 4. The predicted octanol–water partition coefficient (Wildman–Crippen LogP) is 3.59. The van der Waals surface area contributed by atoms with E-state index in [0.717, 1.165) is 26.8 Å². The molecule has 0 bridgehead atoms. The number of carbonyl (C=O) groups is 1. The zero-order chi connectivity index (χ0) is 17.1. The molecule has 7 heteroatoms. The Bertz CT molecular complexity index is 838. The lowest BCUT2D eigenvalue weighted by atomic mass is 10.2. The summed E-state index contributed by atoms with van der Waals surface area (Å²) in [4.78, 5) is 21.8. The van der Waals surface area contributed by atoms with Crippen molar-refractivity contribution in [1.82, 2.24) is 25.1 Å². The van der Waals surface area contributed by atoms with Crippen molar-refractivity contribution in [2.75, 3.05) is 6.54 Å². The summed E-state index contributed by atoms with van der Waals surface area (Å²) in [5.41, 5.74) is 2.62. The van der Waals surface area contributed by atoms with E-state index in [1.807, 2.05) is 25.1 Å². The van der Waals surface area contributed by atoms with Crippen molar-refractivity contribution in [3.8, 4) is 21.1 Å². The van der Waals surface area contributed by atoms with Crippen LogP contribution in [0.25, 0.3) is 21.1 Å². The second-order valence-electron chi connectivity index (χ2n) is 5.90. The Balaban J connectivity index is 1.83. The zero-order valence-electron chi connectivity index (χ0n) is 13.9. The minimum atomic E-state index is -0.218. The summed E-state index contributed by atoms with van der Waals surface area (Å²) >= 11 is 1.55.